The monoisotopic (exact) mass is 415 g/mol. The number of amides is 1. The van der Waals surface area contributed by atoms with Gasteiger partial charge in [0, 0.05) is 22.9 Å². The second kappa shape index (κ2) is 8.25. The van der Waals surface area contributed by atoms with E-state index >= 15 is 0 Å². The Labute approximate surface area is 166 Å². The first-order valence-electron chi connectivity index (χ1n) is 8.45. The molecule has 3 aromatic rings. The summed E-state index contributed by atoms with van der Waals surface area (Å²) in [5.74, 6) is 0.0189. The van der Waals surface area contributed by atoms with E-state index in [0.29, 0.717) is 17.0 Å². The highest BCUT2D eigenvalue weighted by molar-refractivity contribution is 7.89. The van der Waals surface area contributed by atoms with E-state index < -0.39 is 20.9 Å². The molecule has 0 aliphatic carbocycles. The second-order valence-corrected chi connectivity index (χ2v) is 7.91. The maximum atomic E-state index is 12.3. The van der Waals surface area contributed by atoms with Gasteiger partial charge >= 0.3 is 0 Å². The lowest BCUT2D eigenvalue weighted by atomic mass is 10.1. The highest BCUT2D eigenvalue weighted by Gasteiger charge is 2.16. The quantitative estimate of drug-likeness (QED) is 0.450. The number of hydrogen-bond acceptors (Lipinski definition) is 6. The standard InChI is InChI=1S/C19H17N3O6S/c1-13-11-14(4-9-18(13)22(24)25)19(23)21-15-5-7-17(8-6-15)29(26,27)20-12-16-3-2-10-28-16/h2-11,20H,12H2,1H3,(H,21,23). The molecule has 0 aliphatic heterocycles. The van der Waals surface area contributed by atoms with Crippen LogP contribution in [0.1, 0.15) is 21.7 Å². The van der Waals surface area contributed by atoms with Gasteiger partial charge in [0.1, 0.15) is 5.76 Å². The largest absolute Gasteiger partial charge is 0.468 e. The minimum atomic E-state index is -3.74. The molecule has 10 heteroatoms. The zero-order valence-electron chi connectivity index (χ0n) is 15.3. The number of benzene rings is 2. The van der Waals surface area contributed by atoms with E-state index in [1.807, 2.05) is 0 Å². The van der Waals surface area contributed by atoms with Gasteiger partial charge in [-0.15, -0.1) is 0 Å². The zero-order chi connectivity index (χ0) is 21.0. The summed E-state index contributed by atoms with van der Waals surface area (Å²) in [5.41, 5.74) is 0.936. The number of hydrogen-bond donors (Lipinski definition) is 2. The number of aryl methyl sites for hydroxylation is 1. The Hall–Kier alpha value is -3.50. The van der Waals surface area contributed by atoms with Gasteiger partial charge < -0.3 is 9.73 Å². The van der Waals surface area contributed by atoms with E-state index in [-0.39, 0.29) is 22.7 Å². The third-order valence-corrected chi connectivity index (χ3v) is 5.51. The molecule has 0 saturated carbocycles. The van der Waals surface area contributed by atoms with Gasteiger partial charge in [-0.05, 0) is 55.5 Å². The molecule has 0 unspecified atom stereocenters. The molecule has 1 aromatic heterocycles. The molecule has 0 aliphatic rings. The van der Waals surface area contributed by atoms with Gasteiger partial charge in [-0.25, -0.2) is 13.1 Å². The minimum Gasteiger partial charge on any atom is -0.468 e. The summed E-state index contributed by atoms with van der Waals surface area (Å²) in [6.45, 7) is 1.57. The van der Waals surface area contributed by atoms with Crippen molar-refractivity contribution in [3.05, 3.63) is 87.9 Å². The molecule has 0 fully saturated rings. The van der Waals surface area contributed by atoms with Crippen LogP contribution in [-0.4, -0.2) is 19.2 Å². The molecule has 1 amide bonds. The van der Waals surface area contributed by atoms with Gasteiger partial charge in [-0.3, -0.25) is 14.9 Å². The van der Waals surface area contributed by atoms with Crippen molar-refractivity contribution in [2.75, 3.05) is 5.32 Å². The maximum Gasteiger partial charge on any atom is 0.272 e. The predicted octanol–water partition coefficient (Wildman–Crippen LogP) is 3.23. The van der Waals surface area contributed by atoms with Crippen LogP contribution in [0.3, 0.4) is 0 Å². The molecule has 150 valence electrons. The summed E-state index contributed by atoms with van der Waals surface area (Å²) in [5, 5.41) is 13.5. The fourth-order valence-electron chi connectivity index (χ4n) is 2.58. The molecule has 2 N–H and O–H groups in total. The number of nitrogens with one attached hydrogen (secondary N) is 2. The SMILES string of the molecule is Cc1cc(C(=O)Nc2ccc(S(=O)(=O)NCc3ccco3)cc2)ccc1[N+](=O)[O-]. The van der Waals surface area contributed by atoms with E-state index in [2.05, 4.69) is 10.0 Å². The predicted molar refractivity (Wildman–Crippen MR) is 105 cm³/mol. The summed E-state index contributed by atoms with van der Waals surface area (Å²) in [7, 11) is -3.74. The summed E-state index contributed by atoms with van der Waals surface area (Å²) >= 11 is 0. The number of nitro groups is 1. The van der Waals surface area contributed by atoms with E-state index in [4.69, 9.17) is 4.42 Å². The molecule has 2 aromatic carbocycles. The van der Waals surface area contributed by atoms with Crippen LogP contribution in [0.2, 0.25) is 0 Å². The summed E-state index contributed by atoms with van der Waals surface area (Å²) < 4.78 is 32.1. The number of rotatable bonds is 7. The van der Waals surface area contributed by atoms with Gasteiger partial charge in [0.05, 0.1) is 22.6 Å². The van der Waals surface area contributed by atoms with Crippen molar-refractivity contribution in [2.45, 2.75) is 18.4 Å². The number of furan rings is 1. The van der Waals surface area contributed by atoms with Crippen LogP contribution in [0.5, 0.6) is 0 Å². The van der Waals surface area contributed by atoms with Crippen molar-refractivity contribution < 1.29 is 22.6 Å². The third kappa shape index (κ3) is 4.86. The van der Waals surface area contributed by atoms with E-state index in [0.717, 1.165) is 0 Å². The van der Waals surface area contributed by atoms with Gasteiger partial charge in [0.25, 0.3) is 11.6 Å². The third-order valence-electron chi connectivity index (χ3n) is 4.09. The van der Waals surface area contributed by atoms with E-state index in [1.54, 1.807) is 19.1 Å². The molecule has 9 nitrogen and oxygen atoms in total. The summed E-state index contributed by atoms with van der Waals surface area (Å²) in [6, 6.07) is 13.0. The number of carbonyl (C=O) groups is 1. The Kier molecular flexibility index (Phi) is 5.76. The van der Waals surface area contributed by atoms with Crippen molar-refractivity contribution in [3.8, 4) is 0 Å². The first-order chi connectivity index (χ1) is 13.8. The van der Waals surface area contributed by atoms with E-state index in [1.165, 1.54) is 48.7 Å². The first-order valence-corrected chi connectivity index (χ1v) is 9.93. The molecular weight excluding hydrogens is 398 g/mol. The van der Waals surface area contributed by atoms with Crippen molar-refractivity contribution in [2.24, 2.45) is 0 Å². The number of sulfonamides is 1. The number of nitro benzene ring substituents is 1. The molecule has 0 bridgehead atoms. The van der Waals surface area contributed by atoms with Crippen LogP contribution in [-0.2, 0) is 16.6 Å². The molecule has 0 spiro atoms. The number of carbonyl (C=O) groups excluding carboxylic acids is 1. The van der Waals surface area contributed by atoms with Crippen LogP contribution in [0.25, 0.3) is 0 Å². The van der Waals surface area contributed by atoms with Crippen molar-refractivity contribution >= 4 is 27.3 Å². The van der Waals surface area contributed by atoms with Crippen LogP contribution in [0.4, 0.5) is 11.4 Å². The van der Waals surface area contributed by atoms with Gasteiger partial charge in [-0.2, -0.15) is 0 Å². The molecule has 1 heterocycles. The lowest BCUT2D eigenvalue weighted by Gasteiger charge is -2.09. The first kappa shape index (κ1) is 20.2. The lowest BCUT2D eigenvalue weighted by molar-refractivity contribution is -0.385. The number of anilines is 1. The molecule has 3 rings (SSSR count). The van der Waals surface area contributed by atoms with Crippen molar-refractivity contribution in [3.63, 3.8) is 0 Å². The average molecular weight is 415 g/mol. The Morgan fingerprint density at radius 1 is 1.14 bits per heavy atom. The van der Waals surface area contributed by atoms with Gasteiger partial charge in [-0.1, -0.05) is 0 Å². The Morgan fingerprint density at radius 2 is 1.86 bits per heavy atom. The highest BCUT2D eigenvalue weighted by Crippen LogP contribution is 2.20. The van der Waals surface area contributed by atoms with Crippen LogP contribution in [0.15, 0.2) is 70.2 Å². The minimum absolute atomic E-state index is 0.0211. The van der Waals surface area contributed by atoms with Crippen LogP contribution < -0.4 is 10.0 Å². The van der Waals surface area contributed by atoms with Crippen molar-refractivity contribution in [1.82, 2.24) is 4.72 Å². The Morgan fingerprint density at radius 3 is 2.45 bits per heavy atom. The topological polar surface area (TPSA) is 132 Å². The average Bonchev–Trinajstić information content (AvgIpc) is 3.20. The van der Waals surface area contributed by atoms with Gasteiger partial charge in [0.2, 0.25) is 10.0 Å². The fraction of sp³-hybridized carbons (Fsp3) is 0.105. The van der Waals surface area contributed by atoms with E-state index in [9.17, 15) is 23.3 Å². The number of nitrogens with zero attached hydrogens (tertiary/aromatic N) is 1. The van der Waals surface area contributed by atoms with Gasteiger partial charge in [0.15, 0.2) is 0 Å². The zero-order valence-corrected chi connectivity index (χ0v) is 16.1. The molecule has 0 saturated heterocycles. The lowest BCUT2D eigenvalue weighted by Crippen LogP contribution is -2.23. The highest BCUT2D eigenvalue weighted by atomic mass is 32.2. The maximum absolute atomic E-state index is 12.3. The molecular formula is C19H17N3O6S. The molecule has 0 atom stereocenters. The van der Waals surface area contributed by atoms with Crippen LogP contribution >= 0.6 is 0 Å². The molecule has 29 heavy (non-hydrogen) atoms. The Bertz CT molecular complexity index is 1140. The second-order valence-electron chi connectivity index (χ2n) is 6.14. The normalized spacial score (nSPS) is 11.2. The smallest absolute Gasteiger partial charge is 0.272 e. The summed E-state index contributed by atoms with van der Waals surface area (Å²) in [6.07, 6.45) is 1.45. The van der Waals surface area contributed by atoms with Crippen molar-refractivity contribution in [1.29, 1.82) is 0 Å². The fourth-order valence-corrected chi connectivity index (χ4v) is 3.58. The Balaban J connectivity index is 1.67. The van der Waals surface area contributed by atoms with Crippen LogP contribution in [0, 0.1) is 17.0 Å². The summed E-state index contributed by atoms with van der Waals surface area (Å²) in [4.78, 5) is 22.7. The molecule has 0 radical (unpaired) electrons.